The maximum absolute atomic E-state index is 6.50. The maximum atomic E-state index is 6.50. The Bertz CT molecular complexity index is 3120. The predicted molar refractivity (Wildman–Crippen MR) is 206 cm³/mol. The molecule has 0 aliphatic carbocycles. The third-order valence-corrected chi connectivity index (χ3v) is 10.2. The molecule has 5 nitrogen and oxygen atoms in total. The summed E-state index contributed by atoms with van der Waals surface area (Å²) < 4.78 is 11.3. The molecule has 0 bridgehead atoms. The second-order valence-corrected chi connectivity index (χ2v) is 13.1. The van der Waals surface area contributed by atoms with Crippen LogP contribution in [-0.2, 0) is 0 Å². The van der Waals surface area contributed by atoms with Gasteiger partial charge in [-0.2, -0.15) is 0 Å². The van der Waals surface area contributed by atoms with Gasteiger partial charge in [0.1, 0.15) is 11.2 Å². The third kappa shape index (κ3) is 3.77. The zero-order chi connectivity index (χ0) is 32.9. The average molecular weight is 641 g/mol. The number of aromatic nitrogens is 4. The molecule has 0 saturated heterocycles. The van der Waals surface area contributed by atoms with Gasteiger partial charge in [-0.15, -0.1) is 0 Å². The molecular weight excluding hydrogens is 613 g/mol. The standard InChI is InChI=1S/C45H28N4O/c1-27-23-41(33-15-10-22-46-45(33)47-27)49-39-18-8-4-13-31(39)35-24-28(20-21-40(35)49)34-25-36-32-14-5-9-19-43(32)50-44(36)26-42(34)48-37-16-6-2-11-29(37)30-12-3-7-17-38(30)48/h2-26H,1H3. The van der Waals surface area contributed by atoms with Gasteiger partial charge < -0.3 is 13.6 Å². The summed E-state index contributed by atoms with van der Waals surface area (Å²) in [5.74, 6) is 0. The van der Waals surface area contributed by atoms with E-state index < -0.39 is 0 Å². The Kier molecular flexibility index (Phi) is 5.53. The summed E-state index contributed by atoms with van der Waals surface area (Å²) in [4.78, 5) is 9.36. The zero-order valence-electron chi connectivity index (χ0n) is 27.1. The summed E-state index contributed by atoms with van der Waals surface area (Å²) in [6.45, 7) is 2.04. The van der Waals surface area contributed by atoms with Gasteiger partial charge in [0, 0.05) is 61.2 Å². The molecule has 0 saturated carbocycles. The van der Waals surface area contributed by atoms with Crippen molar-refractivity contribution in [3.05, 3.63) is 157 Å². The van der Waals surface area contributed by atoms with Crippen LogP contribution in [-0.4, -0.2) is 19.1 Å². The van der Waals surface area contributed by atoms with Crippen molar-refractivity contribution in [2.45, 2.75) is 6.92 Å². The molecule has 0 spiro atoms. The molecule has 5 heterocycles. The maximum Gasteiger partial charge on any atom is 0.161 e. The number of pyridine rings is 2. The molecule has 0 N–H and O–H groups in total. The van der Waals surface area contributed by atoms with E-state index in [2.05, 4.69) is 148 Å². The molecular formula is C45H28N4O. The number of nitrogens with zero attached hydrogens (tertiary/aromatic N) is 4. The molecule has 5 aromatic heterocycles. The number of hydrogen-bond acceptors (Lipinski definition) is 3. The molecule has 0 aliphatic rings. The lowest BCUT2D eigenvalue weighted by Crippen LogP contribution is -1.99. The van der Waals surface area contributed by atoms with Crippen molar-refractivity contribution in [1.29, 1.82) is 0 Å². The number of hydrogen-bond donors (Lipinski definition) is 0. The van der Waals surface area contributed by atoms with Crippen LogP contribution in [0.15, 0.2) is 156 Å². The Balaban J connectivity index is 1.25. The van der Waals surface area contributed by atoms with Crippen molar-refractivity contribution >= 4 is 76.6 Å². The highest BCUT2D eigenvalue weighted by Gasteiger charge is 2.21. The molecule has 0 amide bonds. The van der Waals surface area contributed by atoms with Crippen molar-refractivity contribution in [1.82, 2.24) is 19.1 Å². The fraction of sp³-hybridized carbons (Fsp3) is 0.0222. The van der Waals surface area contributed by atoms with Gasteiger partial charge in [0.15, 0.2) is 5.65 Å². The SMILES string of the molecule is Cc1cc(-n2c3ccccc3c3cc(-c4cc5c(cc4-n4c6ccccc6c6ccccc64)oc4ccccc45)ccc32)c2cccnc2n1. The minimum Gasteiger partial charge on any atom is -0.456 e. The smallest absolute Gasteiger partial charge is 0.161 e. The van der Waals surface area contributed by atoms with Crippen molar-refractivity contribution in [2.75, 3.05) is 0 Å². The minimum atomic E-state index is 0.751. The number of benzene rings is 6. The topological polar surface area (TPSA) is 48.8 Å². The second-order valence-electron chi connectivity index (χ2n) is 13.1. The van der Waals surface area contributed by atoms with E-state index in [1.54, 1.807) is 0 Å². The van der Waals surface area contributed by atoms with Crippen molar-refractivity contribution in [3.63, 3.8) is 0 Å². The van der Waals surface area contributed by atoms with Gasteiger partial charge in [0.25, 0.3) is 0 Å². The summed E-state index contributed by atoms with van der Waals surface area (Å²) in [6.07, 6.45) is 1.81. The average Bonchev–Trinajstić information content (AvgIpc) is 3.81. The number of rotatable bonds is 3. The first-order chi connectivity index (χ1) is 24.7. The van der Waals surface area contributed by atoms with Gasteiger partial charge >= 0.3 is 0 Å². The van der Waals surface area contributed by atoms with Crippen molar-refractivity contribution < 1.29 is 4.42 Å². The van der Waals surface area contributed by atoms with Gasteiger partial charge in [-0.25, -0.2) is 9.97 Å². The third-order valence-electron chi connectivity index (χ3n) is 10.2. The van der Waals surface area contributed by atoms with Crippen LogP contribution in [0.1, 0.15) is 5.69 Å². The fourth-order valence-corrected chi connectivity index (χ4v) is 8.10. The van der Waals surface area contributed by atoms with Crippen LogP contribution in [0.4, 0.5) is 0 Å². The molecule has 0 unspecified atom stereocenters. The lowest BCUT2D eigenvalue weighted by Gasteiger charge is -2.15. The molecule has 6 aromatic carbocycles. The first-order valence-corrected chi connectivity index (χ1v) is 16.9. The fourth-order valence-electron chi connectivity index (χ4n) is 8.10. The molecule has 0 atom stereocenters. The highest BCUT2D eigenvalue weighted by Crippen LogP contribution is 2.43. The summed E-state index contributed by atoms with van der Waals surface area (Å²) >= 11 is 0. The van der Waals surface area contributed by atoms with Crippen LogP contribution in [0.25, 0.3) is 99.1 Å². The minimum absolute atomic E-state index is 0.751. The van der Waals surface area contributed by atoms with Gasteiger partial charge in [-0.1, -0.05) is 78.9 Å². The van der Waals surface area contributed by atoms with Gasteiger partial charge in [-0.3, -0.25) is 0 Å². The lowest BCUT2D eigenvalue weighted by molar-refractivity contribution is 0.668. The second kappa shape index (κ2) is 10.1. The van der Waals surface area contributed by atoms with E-state index in [0.717, 1.165) is 83.2 Å². The number of para-hydroxylation sites is 4. The molecule has 11 rings (SSSR count). The van der Waals surface area contributed by atoms with Crippen LogP contribution in [0.5, 0.6) is 0 Å². The molecule has 5 heteroatoms. The van der Waals surface area contributed by atoms with Crippen molar-refractivity contribution in [3.8, 4) is 22.5 Å². The largest absolute Gasteiger partial charge is 0.456 e. The Labute approximate surface area is 286 Å². The molecule has 0 fully saturated rings. The molecule has 50 heavy (non-hydrogen) atoms. The molecule has 0 radical (unpaired) electrons. The van der Waals surface area contributed by atoms with Gasteiger partial charge in [0.05, 0.1) is 33.4 Å². The normalized spacial score (nSPS) is 12.1. The zero-order valence-corrected chi connectivity index (χ0v) is 27.1. The van der Waals surface area contributed by atoms with Crippen molar-refractivity contribution in [2.24, 2.45) is 0 Å². The van der Waals surface area contributed by atoms with Crippen LogP contribution in [0, 0.1) is 6.92 Å². The highest BCUT2D eigenvalue weighted by atomic mass is 16.3. The Hall–Kier alpha value is -6.72. The predicted octanol–water partition coefficient (Wildman–Crippen LogP) is 11.7. The first-order valence-electron chi connectivity index (χ1n) is 16.9. The Morgan fingerprint density at radius 3 is 1.80 bits per heavy atom. The van der Waals surface area contributed by atoms with E-state index in [1.807, 2.05) is 25.3 Å². The van der Waals surface area contributed by atoms with Gasteiger partial charge in [-0.05, 0) is 73.2 Å². The van der Waals surface area contributed by atoms with E-state index >= 15 is 0 Å². The number of fused-ring (bicyclic) bond motifs is 10. The summed E-state index contributed by atoms with van der Waals surface area (Å²) in [6, 6.07) is 52.1. The van der Waals surface area contributed by atoms with E-state index in [-0.39, 0.29) is 0 Å². The van der Waals surface area contributed by atoms with Crippen LogP contribution in [0.2, 0.25) is 0 Å². The quantitative estimate of drug-likeness (QED) is 0.193. The first kappa shape index (κ1) is 27.3. The van der Waals surface area contributed by atoms with E-state index in [9.17, 15) is 0 Å². The Morgan fingerprint density at radius 1 is 0.460 bits per heavy atom. The summed E-state index contributed by atoms with van der Waals surface area (Å²) in [5, 5.41) is 8.09. The lowest BCUT2D eigenvalue weighted by atomic mass is 9.98. The van der Waals surface area contributed by atoms with E-state index in [0.29, 0.717) is 0 Å². The number of furan rings is 1. The van der Waals surface area contributed by atoms with Crippen LogP contribution in [0.3, 0.4) is 0 Å². The van der Waals surface area contributed by atoms with E-state index in [1.165, 1.54) is 21.5 Å². The van der Waals surface area contributed by atoms with Gasteiger partial charge in [0.2, 0.25) is 0 Å². The highest BCUT2D eigenvalue weighted by molar-refractivity contribution is 6.14. The monoisotopic (exact) mass is 640 g/mol. The van der Waals surface area contributed by atoms with E-state index in [4.69, 9.17) is 9.40 Å². The molecule has 11 aromatic rings. The van der Waals surface area contributed by atoms with Crippen LogP contribution >= 0.6 is 0 Å². The Morgan fingerprint density at radius 2 is 1.06 bits per heavy atom. The number of aryl methyl sites for hydroxylation is 1. The van der Waals surface area contributed by atoms with Crippen LogP contribution < -0.4 is 0 Å². The molecule has 0 aliphatic heterocycles. The summed E-state index contributed by atoms with van der Waals surface area (Å²) in [5.41, 5.74) is 12.5. The molecule has 234 valence electrons. The summed E-state index contributed by atoms with van der Waals surface area (Å²) in [7, 11) is 0.